The van der Waals surface area contributed by atoms with Crippen LogP contribution >= 0.6 is 0 Å². The molecule has 5 nitrogen and oxygen atoms in total. The molecule has 100 valence electrons. The van der Waals surface area contributed by atoms with Gasteiger partial charge in [0, 0.05) is 25.5 Å². The van der Waals surface area contributed by atoms with Crippen LogP contribution in [-0.2, 0) is 0 Å². The molecule has 0 spiro atoms. The second kappa shape index (κ2) is 5.14. The lowest BCUT2D eigenvalue weighted by Gasteiger charge is -2.18. The predicted molar refractivity (Wildman–Crippen MR) is 74.7 cm³/mol. The van der Waals surface area contributed by atoms with E-state index in [9.17, 15) is 4.79 Å². The van der Waals surface area contributed by atoms with E-state index in [4.69, 9.17) is 4.42 Å². The van der Waals surface area contributed by atoms with Crippen LogP contribution in [-0.4, -0.2) is 25.0 Å². The smallest absolute Gasteiger partial charge is 0.277 e. The van der Waals surface area contributed by atoms with E-state index in [0.29, 0.717) is 11.5 Å². The second-order valence-electron chi connectivity index (χ2n) is 4.56. The molecule has 0 aliphatic carbocycles. The van der Waals surface area contributed by atoms with Crippen molar-refractivity contribution < 1.29 is 9.21 Å². The number of hydrogen-bond donors (Lipinski definition) is 1. The highest BCUT2D eigenvalue weighted by atomic mass is 16.3. The van der Waals surface area contributed by atoms with Crippen LogP contribution in [0.5, 0.6) is 0 Å². The van der Waals surface area contributed by atoms with Gasteiger partial charge in [-0.1, -0.05) is 6.07 Å². The Bertz CT molecular complexity index is 602. The van der Waals surface area contributed by atoms with Gasteiger partial charge in [-0.3, -0.25) is 4.79 Å². The number of oxazole rings is 1. The number of benzene rings is 1. The molecule has 1 heterocycles. The number of hydrogen-bond acceptors (Lipinski definition) is 4. The summed E-state index contributed by atoms with van der Waals surface area (Å²) in [7, 11) is 3.94. The summed E-state index contributed by atoms with van der Waals surface area (Å²) in [6, 6.07) is 5.79. The van der Waals surface area contributed by atoms with Crippen molar-refractivity contribution in [1.29, 1.82) is 0 Å². The van der Waals surface area contributed by atoms with Crippen molar-refractivity contribution in [3.63, 3.8) is 0 Å². The highest BCUT2D eigenvalue weighted by Gasteiger charge is 2.15. The molecule has 5 heteroatoms. The molecule has 19 heavy (non-hydrogen) atoms. The molecule has 2 rings (SSSR count). The topological polar surface area (TPSA) is 58.4 Å². The van der Waals surface area contributed by atoms with Crippen LogP contribution in [0.4, 0.5) is 11.4 Å². The molecule has 1 aromatic carbocycles. The fourth-order valence-corrected chi connectivity index (χ4v) is 1.95. The first-order valence-electron chi connectivity index (χ1n) is 5.99. The highest BCUT2D eigenvalue weighted by Crippen LogP contribution is 2.25. The van der Waals surface area contributed by atoms with Crippen molar-refractivity contribution in [3.8, 4) is 0 Å². The quantitative estimate of drug-likeness (QED) is 0.920. The number of rotatable bonds is 3. The molecule has 0 bridgehead atoms. The fraction of sp³-hybridized carbons (Fsp3) is 0.286. The first-order chi connectivity index (χ1) is 9.00. The van der Waals surface area contributed by atoms with Crippen LogP contribution in [0.25, 0.3) is 0 Å². The van der Waals surface area contributed by atoms with E-state index in [2.05, 4.69) is 10.3 Å². The minimum atomic E-state index is -0.259. The maximum atomic E-state index is 12.1. The lowest BCUT2D eigenvalue weighted by atomic mass is 10.1. The Morgan fingerprint density at radius 3 is 2.63 bits per heavy atom. The molecular formula is C14H17N3O2. The molecule has 1 N–H and O–H groups in total. The minimum absolute atomic E-state index is 0.259. The maximum absolute atomic E-state index is 12.1. The van der Waals surface area contributed by atoms with Crippen molar-refractivity contribution in [2.45, 2.75) is 13.8 Å². The first kappa shape index (κ1) is 13.1. The average molecular weight is 259 g/mol. The van der Waals surface area contributed by atoms with Crippen LogP contribution in [0.3, 0.4) is 0 Å². The third kappa shape index (κ3) is 2.59. The molecule has 0 atom stereocenters. The van der Waals surface area contributed by atoms with Crippen LogP contribution < -0.4 is 10.2 Å². The Kier molecular flexibility index (Phi) is 3.55. The lowest BCUT2D eigenvalue weighted by Crippen LogP contribution is -2.16. The van der Waals surface area contributed by atoms with Crippen LogP contribution in [0.1, 0.15) is 21.8 Å². The van der Waals surface area contributed by atoms with Gasteiger partial charge in [0.25, 0.3) is 5.91 Å². The number of carbonyl (C=O) groups is 1. The Hall–Kier alpha value is -2.30. The number of amides is 1. The number of nitrogens with zero attached hydrogens (tertiary/aromatic N) is 2. The summed E-state index contributed by atoms with van der Waals surface area (Å²) >= 11 is 0. The third-order valence-corrected chi connectivity index (χ3v) is 3.00. The normalized spacial score (nSPS) is 10.3. The number of aryl methyl sites for hydroxylation is 1. The first-order valence-corrected chi connectivity index (χ1v) is 5.99. The fourth-order valence-electron chi connectivity index (χ4n) is 1.95. The Morgan fingerprint density at radius 2 is 2.05 bits per heavy atom. The minimum Gasteiger partial charge on any atom is -0.448 e. The summed E-state index contributed by atoms with van der Waals surface area (Å²) in [5, 5.41) is 2.86. The summed E-state index contributed by atoms with van der Waals surface area (Å²) in [5.41, 5.74) is 3.17. The van der Waals surface area contributed by atoms with Gasteiger partial charge in [-0.05, 0) is 31.5 Å². The molecule has 0 aliphatic rings. The Balaban J connectivity index is 2.27. The van der Waals surface area contributed by atoms with Crippen molar-refractivity contribution >= 4 is 17.3 Å². The van der Waals surface area contributed by atoms with Crippen molar-refractivity contribution in [2.75, 3.05) is 24.3 Å². The molecule has 2 aromatic rings. The second-order valence-corrected chi connectivity index (χ2v) is 4.56. The van der Waals surface area contributed by atoms with Crippen molar-refractivity contribution in [2.24, 2.45) is 0 Å². The van der Waals surface area contributed by atoms with E-state index in [-0.39, 0.29) is 5.91 Å². The van der Waals surface area contributed by atoms with Gasteiger partial charge in [0.2, 0.25) is 0 Å². The zero-order chi connectivity index (χ0) is 14.0. The van der Waals surface area contributed by atoms with Gasteiger partial charge < -0.3 is 14.6 Å². The maximum Gasteiger partial charge on any atom is 0.277 e. The van der Waals surface area contributed by atoms with Gasteiger partial charge in [-0.15, -0.1) is 0 Å². The highest BCUT2D eigenvalue weighted by molar-refractivity contribution is 6.04. The monoisotopic (exact) mass is 259 g/mol. The summed E-state index contributed by atoms with van der Waals surface area (Å²) in [6.07, 6.45) is 1.27. The summed E-state index contributed by atoms with van der Waals surface area (Å²) in [6.45, 7) is 3.69. The number of anilines is 2. The standard InChI is InChI=1S/C14H17N3O2/c1-9-11(6-5-7-12(9)17(3)4)16-14(18)13-10(2)19-8-15-13/h5-8H,1-4H3,(H,16,18). The van der Waals surface area contributed by atoms with E-state index in [1.54, 1.807) is 6.92 Å². The van der Waals surface area contributed by atoms with Crippen LogP contribution in [0.15, 0.2) is 29.0 Å². The molecular weight excluding hydrogens is 242 g/mol. The summed E-state index contributed by atoms with van der Waals surface area (Å²) in [4.78, 5) is 18.0. The Labute approximate surface area is 112 Å². The molecule has 0 saturated carbocycles. The third-order valence-electron chi connectivity index (χ3n) is 3.00. The molecule has 0 aliphatic heterocycles. The number of nitrogens with one attached hydrogen (secondary N) is 1. The molecule has 1 amide bonds. The SMILES string of the molecule is Cc1ocnc1C(=O)Nc1cccc(N(C)C)c1C. The molecule has 0 saturated heterocycles. The lowest BCUT2D eigenvalue weighted by molar-refractivity contribution is 0.102. The van der Waals surface area contributed by atoms with Crippen molar-refractivity contribution in [1.82, 2.24) is 4.98 Å². The van der Waals surface area contributed by atoms with Crippen LogP contribution in [0.2, 0.25) is 0 Å². The average Bonchev–Trinajstić information content (AvgIpc) is 2.77. The Morgan fingerprint density at radius 1 is 1.32 bits per heavy atom. The predicted octanol–water partition coefficient (Wildman–Crippen LogP) is 2.61. The van der Waals surface area contributed by atoms with Gasteiger partial charge in [-0.25, -0.2) is 4.98 Å². The zero-order valence-electron chi connectivity index (χ0n) is 11.5. The van der Waals surface area contributed by atoms with E-state index in [0.717, 1.165) is 16.9 Å². The molecule has 0 fully saturated rings. The zero-order valence-corrected chi connectivity index (χ0v) is 11.5. The van der Waals surface area contributed by atoms with E-state index < -0.39 is 0 Å². The van der Waals surface area contributed by atoms with E-state index in [1.807, 2.05) is 44.1 Å². The molecule has 1 aromatic heterocycles. The van der Waals surface area contributed by atoms with Gasteiger partial charge in [0.1, 0.15) is 5.76 Å². The summed E-state index contributed by atoms with van der Waals surface area (Å²) < 4.78 is 5.04. The van der Waals surface area contributed by atoms with Gasteiger partial charge in [-0.2, -0.15) is 0 Å². The van der Waals surface area contributed by atoms with E-state index >= 15 is 0 Å². The molecule has 0 radical (unpaired) electrons. The van der Waals surface area contributed by atoms with Gasteiger partial charge >= 0.3 is 0 Å². The number of aromatic nitrogens is 1. The van der Waals surface area contributed by atoms with Gasteiger partial charge in [0.15, 0.2) is 12.1 Å². The van der Waals surface area contributed by atoms with Gasteiger partial charge in [0.05, 0.1) is 0 Å². The number of carbonyl (C=O) groups excluding carboxylic acids is 1. The summed E-state index contributed by atoms with van der Waals surface area (Å²) in [5.74, 6) is 0.254. The molecule has 0 unspecified atom stereocenters. The van der Waals surface area contributed by atoms with E-state index in [1.165, 1.54) is 6.39 Å². The van der Waals surface area contributed by atoms with Crippen molar-refractivity contribution in [3.05, 3.63) is 41.6 Å². The largest absolute Gasteiger partial charge is 0.448 e. The van der Waals surface area contributed by atoms with Crippen LogP contribution in [0, 0.1) is 13.8 Å².